The minimum atomic E-state index is -0.125. The molecule has 0 radical (unpaired) electrons. The van der Waals surface area contributed by atoms with Gasteiger partial charge in [0.2, 0.25) is 0 Å². The molecule has 0 heterocycles. The maximum Gasteiger partial charge on any atom is 0.0662 e. The van der Waals surface area contributed by atoms with E-state index in [-0.39, 0.29) is 39.6 Å². The van der Waals surface area contributed by atoms with Crippen LogP contribution in [0.1, 0.15) is 0 Å². The Morgan fingerprint density at radius 2 is 0.600 bits per heavy atom. The molecule has 6 N–H and O–H groups in total. The average Bonchev–Trinajstić information content (AvgIpc) is 2.30. The highest BCUT2D eigenvalue weighted by molar-refractivity contribution is 4.07. The van der Waals surface area contributed by atoms with Gasteiger partial charge in [0.25, 0.3) is 0 Å². The van der Waals surface area contributed by atoms with Gasteiger partial charge in [-0.15, -0.1) is 0 Å². The van der Waals surface area contributed by atoms with Crippen LogP contribution in [0.4, 0.5) is 0 Å². The molecule has 0 saturated heterocycles. The maximum atomic E-state index is 7.62. The van der Waals surface area contributed by atoms with Gasteiger partial charge in [-0.1, -0.05) is 0 Å². The van der Waals surface area contributed by atoms with Crippen molar-refractivity contribution in [3.63, 3.8) is 0 Å². The van der Waals surface area contributed by atoms with Crippen molar-refractivity contribution in [1.29, 1.82) is 0 Å². The fourth-order valence-electron chi connectivity index (χ4n) is 0. The molecule has 7 nitrogen and oxygen atoms in total. The van der Waals surface area contributed by atoms with E-state index in [4.69, 9.17) is 30.6 Å². The zero-order chi connectivity index (χ0) is 12.9. The molecule has 98 valence electrons. The number of hydrogen-bond donors (Lipinski definition) is 6. The fraction of sp³-hybridized carbons (Fsp3) is 1.00. The molecular weight excluding hydrogens is 208 g/mol. The van der Waals surface area contributed by atoms with Crippen molar-refractivity contribution < 1.29 is 35.4 Å². The van der Waals surface area contributed by atoms with Crippen molar-refractivity contribution in [1.82, 2.24) is 0 Å². The molecule has 0 aromatic heterocycles. The molecule has 0 aliphatic rings. The summed E-state index contributed by atoms with van der Waals surface area (Å²) in [6.07, 6.45) is 0. The van der Waals surface area contributed by atoms with Crippen LogP contribution in [0.15, 0.2) is 0 Å². The lowest BCUT2D eigenvalue weighted by Gasteiger charge is -1.70. The SMILES string of the molecule is COC.OCCO.OCCO.OCCO. The highest BCUT2D eigenvalue weighted by atomic mass is 16.4. The lowest BCUT2D eigenvalue weighted by atomic mass is 10.8. The summed E-state index contributed by atoms with van der Waals surface area (Å²) in [6, 6.07) is 0. The topological polar surface area (TPSA) is 131 Å². The molecule has 0 aliphatic heterocycles. The van der Waals surface area contributed by atoms with E-state index in [2.05, 4.69) is 4.74 Å². The minimum absolute atomic E-state index is 0.125. The van der Waals surface area contributed by atoms with Crippen LogP contribution in [0, 0.1) is 0 Å². The molecule has 0 aromatic carbocycles. The molecule has 0 rings (SSSR count). The van der Waals surface area contributed by atoms with Gasteiger partial charge in [0.05, 0.1) is 39.6 Å². The van der Waals surface area contributed by atoms with Crippen LogP contribution in [-0.2, 0) is 4.74 Å². The number of hydrogen-bond acceptors (Lipinski definition) is 7. The molecule has 7 heteroatoms. The van der Waals surface area contributed by atoms with E-state index in [1.54, 1.807) is 14.2 Å². The number of aliphatic hydroxyl groups excluding tert-OH is 6. The van der Waals surface area contributed by atoms with E-state index in [1.807, 2.05) is 0 Å². The summed E-state index contributed by atoms with van der Waals surface area (Å²) in [7, 11) is 3.25. The van der Waals surface area contributed by atoms with E-state index in [0.29, 0.717) is 0 Å². The van der Waals surface area contributed by atoms with Crippen molar-refractivity contribution in [3.05, 3.63) is 0 Å². The quantitative estimate of drug-likeness (QED) is 0.309. The Bertz CT molecular complexity index is 38.7. The summed E-state index contributed by atoms with van der Waals surface area (Å²) in [5, 5.41) is 45.8. The van der Waals surface area contributed by atoms with Crippen LogP contribution in [0.2, 0.25) is 0 Å². The van der Waals surface area contributed by atoms with E-state index in [9.17, 15) is 0 Å². The first kappa shape index (κ1) is 24.1. The predicted octanol–water partition coefficient (Wildman–Crippen LogP) is -2.82. The van der Waals surface area contributed by atoms with E-state index < -0.39 is 0 Å². The first-order valence-electron chi connectivity index (χ1n) is 4.21. The molecule has 0 aliphatic carbocycles. The van der Waals surface area contributed by atoms with Crippen LogP contribution < -0.4 is 0 Å². The Morgan fingerprint density at radius 1 is 0.533 bits per heavy atom. The molecule has 0 aromatic rings. The predicted molar refractivity (Wildman–Crippen MR) is 55.4 cm³/mol. The first-order valence-corrected chi connectivity index (χ1v) is 4.21. The van der Waals surface area contributed by atoms with Crippen molar-refractivity contribution >= 4 is 0 Å². The lowest BCUT2D eigenvalue weighted by Crippen LogP contribution is -1.85. The molecule has 0 saturated carbocycles. The van der Waals surface area contributed by atoms with Gasteiger partial charge in [-0.05, 0) is 0 Å². The maximum absolute atomic E-state index is 7.62. The Kier molecular flexibility index (Phi) is 79.0. The Labute approximate surface area is 90.2 Å². The normalized spacial score (nSPS) is 7.20. The zero-order valence-electron chi connectivity index (χ0n) is 9.33. The monoisotopic (exact) mass is 232 g/mol. The highest BCUT2D eigenvalue weighted by Crippen LogP contribution is 1.40. The van der Waals surface area contributed by atoms with E-state index >= 15 is 0 Å². The second-order valence-corrected chi connectivity index (χ2v) is 1.75. The van der Waals surface area contributed by atoms with Crippen LogP contribution in [-0.4, -0.2) is 84.5 Å². The van der Waals surface area contributed by atoms with Gasteiger partial charge in [0.1, 0.15) is 0 Å². The summed E-state index contributed by atoms with van der Waals surface area (Å²) in [4.78, 5) is 0. The zero-order valence-corrected chi connectivity index (χ0v) is 9.33. The molecule has 0 bridgehead atoms. The van der Waals surface area contributed by atoms with Gasteiger partial charge >= 0.3 is 0 Å². The van der Waals surface area contributed by atoms with E-state index in [0.717, 1.165) is 0 Å². The van der Waals surface area contributed by atoms with Gasteiger partial charge in [0.15, 0.2) is 0 Å². The molecule has 0 spiro atoms. The third-order valence-electron chi connectivity index (χ3n) is 0.300. The van der Waals surface area contributed by atoms with Crippen LogP contribution >= 0.6 is 0 Å². The van der Waals surface area contributed by atoms with Crippen molar-refractivity contribution in [3.8, 4) is 0 Å². The van der Waals surface area contributed by atoms with Crippen LogP contribution in [0.3, 0.4) is 0 Å². The molecule has 15 heavy (non-hydrogen) atoms. The number of aliphatic hydroxyl groups is 6. The summed E-state index contributed by atoms with van der Waals surface area (Å²) < 4.78 is 4.25. The van der Waals surface area contributed by atoms with Gasteiger partial charge in [0, 0.05) is 14.2 Å². The minimum Gasteiger partial charge on any atom is -0.394 e. The van der Waals surface area contributed by atoms with Gasteiger partial charge < -0.3 is 35.4 Å². The molecule has 0 amide bonds. The van der Waals surface area contributed by atoms with Crippen molar-refractivity contribution in [2.24, 2.45) is 0 Å². The lowest BCUT2D eigenvalue weighted by molar-refractivity contribution is 0.186. The van der Waals surface area contributed by atoms with Crippen LogP contribution in [0.25, 0.3) is 0 Å². The third kappa shape index (κ3) is 255. The summed E-state index contributed by atoms with van der Waals surface area (Å²) in [5.74, 6) is 0. The smallest absolute Gasteiger partial charge is 0.0662 e. The van der Waals surface area contributed by atoms with Gasteiger partial charge in [-0.2, -0.15) is 0 Å². The highest BCUT2D eigenvalue weighted by Gasteiger charge is 1.58. The average molecular weight is 232 g/mol. The van der Waals surface area contributed by atoms with Crippen molar-refractivity contribution in [2.45, 2.75) is 0 Å². The largest absolute Gasteiger partial charge is 0.394 e. The Morgan fingerprint density at radius 3 is 0.600 bits per heavy atom. The molecule has 0 atom stereocenters. The summed E-state index contributed by atoms with van der Waals surface area (Å²) >= 11 is 0. The summed E-state index contributed by atoms with van der Waals surface area (Å²) in [6.45, 7) is -0.750. The Balaban J connectivity index is -0.0000000542. The summed E-state index contributed by atoms with van der Waals surface area (Å²) in [5.41, 5.74) is 0. The molecule has 0 fully saturated rings. The molecule has 0 unspecified atom stereocenters. The van der Waals surface area contributed by atoms with E-state index in [1.165, 1.54) is 0 Å². The molecular formula is C8H24O7. The third-order valence-corrected chi connectivity index (χ3v) is 0.300. The van der Waals surface area contributed by atoms with Gasteiger partial charge in [-0.3, -0.25) is 0 Å². The second kappa shape index (κ2) is 49.2. The Hall–Kier alpha value is -0.280. The van der Waals surface area contributed by atoms with Crippen LogP contribution in [0.5, 0.6) is 0 Å². The second-order valence-electron chi connectivity index (χ2n) is 1.75. The van der Waals surface area contributed by atoms with Gasteiger partial charge in [-0.25, -0.2) is 0 Å². The first-order chi connectivity index (χ1) is 7.16. The number of rotatable bonds is 3. The number of methoxy groups -OCH3 is 1. The number of ether oxygens (including phenoxy) is 1. The standard InChI is InChI=1S/3C2H6O2.C2H6O/c3*3-1-2-4;1-3-2/h3*3-4H,1-2H2;1-2H3. The fourth-order valence-corrected chi connectivity index (χ4v) is 0. The van der Waals surface area contributed by atoms with Crippen molar-refractivity contribution in [2.75, 3.05) is 53.9 Å².